The molecule has 0 N–H and O–H groups in total. The number of hydrogen-bond acceptors (Lipinski definition) is 3. The van der Waals surface area contributed by atoms with Crippen LogP contribution in [0.15, 0.2) is 261 Å². The molecule has 11 aromatic carbocycles. The molecule has 2 aliphatic rings. The maximum absolute atomic E-state index is 5.10. The molecule has 0 bridgehead atoms. The zero-order chi connectivity index (χ0) is 49.2. The van der Waals surface area contributed by atoms with Crippen molar-refractivity contribution in [2.75, 3.05) is 0 Å². The van der Waals surface area contributed by atoms with Gasteiger partial charge in [-0.25, -0.2) is 15.0 Å². The summed E-state index contributed by atoms with van der Waals surface area (Å²) >= 11 is 0. The fourth-order valence-electron chi connectivity index (χ4n) is 12.8. The van der Waals surface area contributed by atoms with Gasteiger partial charge >= 0.3 is 0 Å². The Hall–Kier alpha value is -9.97. The molecule has 0 saturated carbocycles. The van der Waals surface area contributed by atoms with Gasteiger partial charge in [-0.1, -0.05) is 194 Å². The molecule has 75 heavy (non-hydrogen) atoms. The Labute approximate surface area is 433 Å². The number of rotatable bonds is 6. The minimum Gasteiger partial charge on any atom is -0.309 e. The van der Waals surface area contributed by atoms with Crippen LogP contribution in [0.3, 0.4) is 0 Å². The molecule has 0 amide bonds. The number of hydrogen-bond donors (Lipinski definition) is 0. The summed E-state index contributed by atoms with van der Waals surface area (Å²) in [4.78, 5) is 15.2. The molecule has 3 aromatic heterocycles. The molecule has 0 unspecified atom stereocenters. The smallest absolute Gasteiger partial charge is 0.164 e. The average molecular weight is 954 g/mol. The van der Waals surface area contributed by atoms with E-state index in [2.05, 4.69) is 234 Å². The predicted octanol–water partition coefficient (Wildman–Crippen LogP) is 17.1. The van der Waals surface area contributed by atoms with Gasteiger partial charge in [0.2, 0.25) is 0 Å². The number of fused-ring (bicyclic) bond motifs is 17. The van der Waals surface area contributed by atoms with Crippen LogP contribution >= 0.6 is 0 Å². The second kappa shape index (κ2) is 16.0. The van der Waals surface area contributed by atoms with Crippen LogP contribution in [0.25, 0.3) is 123 Å². The van der Waals surface area contributed by atoms with E-state index in [1.54, 1.807) is 0 Å². The van der Waals surface area contributed by atoms with Crippen molar-refractivity contribution in [1.29, 1.82) is 0 Å². The Balaban J connectivity index is 0.933. The van der Waals surface area contributed by atoms with Gasteiger partial charge in [0.1, 0.15) is 0 Å². The average Bonchev–Trinajstić information content (AvgIpc) is 4.39. The normalized spacial score (nSPS) is 12.9. The van der Waals surface area contributed by atoms with Crippen LogP contribution < -0.4 is 0 Å². The largest absolute Gasteiger partial charge is 0.309 e. The number of aromatic nitrogens is 5. The number of nitrogens with zero attached hydrogens (tertiary/aromatic N) is 5. The van der Waals surface area contributed by atoms with E-state index in [4.69, 9.17) is 15.0 Å². The van der Waals surface area contributed by atoms with E-state index >= 15 is 0 Å². The summed E-state index contributed by atoms with van der Waals surface area (Å²) in [5.41, 5.74) is 22.0. The fraction of sp³-hybridized carbons (Fsp3) is 0.0143. The molecule has 5 heteroatoms. The summed E-state index contributed by atoms with van der Waals surface area (Å²) in [5.74, 6) is 1.91. The maximum atomic E-state index is 5.10. The molecule has 0 saturated heterocycles. The molecule has 3 heterocycles. The molecule has 5 nitrogen and oxygen atoms in total. The Morgan fingerprint density at radius 2 is 0.693 bits per heavy atom. The van der Waals surface area contributed by atoms with E-state index in [-0.39, 0.29) is 0 Å². The lowest BCUT2D eigenvalue weighted by atomic mass is 9.70. The Morgan fingerprint density at radius 3 is 1.29 bits per heavy atom. The van der Waals surface area contributed by atoms with Gasteiger partial charge in [0.25, 0.3) is 0 Å². The lowest BCUT2D eigenvalue weighted by Crippen LogP contribution is -2.25. The highest BCUT2D eigenvalue weighted by Gasteiger charge is 2.52. The SMILES string of the molecule is c1ccc(-c2nc(-c3ccccc3)nc(-c3ccc(-n4c5ccc(-c6ccc7c(c6)c6ccccc6n7-c6ccccc6)cc5c5ccc6c(c54)-c4ccccc4C64c5ccccc5-c5ccccc54)cc3)n2)cc1. The third kappa shape index (κ3) is 5.98. The summed E-state index contributed by atoms with van der Waals surface area (Å²) in [6.07, 6.45) is 0. The zero-order valence-electron chi connectivity index (χ0n) is 40.6. The van der Waals surface area contributed by atoms with Crippen molar-refractivity contribution in [2.45, 2.75) is 5.41 Å². The van der Waals surface area contributed by atoms with Gasteiger partial charge in [-0.3, -0.25) is 0 Å². The topological polar surface area (TPSA) is 48.5 Å². The highest BCUT2D eigenvalue weighted by molar-refractivity contribution is 6.18. The molecule has 0 radical (unpaired) electrons. The molecule has 16 rings (SSSR count). The third-order valence-corrected chi connectivity index (χ3v) is 16.0. The van der Waals surface area contributed by atoms with Crippen molar-refractivity contribution in [3.05, 3.63) is 283 Å². The minimum absolute atomic E-state index is 0.483. The highest BCUT2D eigenvalue weighted by atomic mass is 15.0. The van der Waals surface area contributed by atoms with Crippen molar-refractivity contribution >= 4 is 43.6 Å². The van der Waals surface area contributed by atoms with Gasteiger partial charge in [-0.05, 0) is 117 Å². The summed E-state index contributed by atoms with van der Waals surface area (Å²) in [6.45, 7) is 0. The lowest BCUT2D eigenvalue weighted by Gasteiger charge is -2.30. The lowest BCUT2D eigenvalue weighted by molar-refractivity contribution is 0.794. The second-order valence-electron chi connectivity index (χ2n) is 19.8. The van der Waals surface area contributed by atoms with Crippen molar-refractivity contribution in [3.8, 4) is 78.9 Å². The molecule has 348 valence electrons. The highest BCUT2D eigenvalue weighted by Crippen LogP contribution is 2.64. The number of para-hydroxylation sites is 2. The predicted molar refractivity (Wildman–Crippen MR) is 307 cm³/mol. The van der Waals surface area contributed by atoms with Crippen LogP contribution in [0.4, 0.5) is 0 Å². The molecule has 0 atom stereocenters. The Morgan fingerprint density at radius 1 is 0.267 bits per heavy atom. The first-order valence-corrected chi connectivity index (χ1v) is 25.7. The third-order valence-electron chi connectivity index (χ3n) is 16.0. The summed E-state index contributed by atoms with van der Waals surface area (Å²) < 4.78 is 4.89. The molecule has 14 aromatic rings. The number of benzene rings is 11. The van der Waals surface area contributed by atoms with Gasteiger partial charge in [-0.15, -0.1) is 0 Å². The Bertz CT molecular complexity index is 4520. The van der Waals surface area contributed by atoms with Crippen LogP contribution in [-0.4, -0.2) is 24.1 Å². The van der Waals surface area contributed by atoms with E-state index < -0.39 is 5.41 Å². The van der Waals surface area contributed by atoms with Gasteiger partial charge in [-0.2, -0.15) is 0 Å². The van der Waals surface area contributed by atoms with Crippen LogP contribution in [0.2, 0.25) is 0 Å². The first-order chi connectivity index (χ1) is 37.2. The van der Waals surface area contributed by atoms with Crippen LogP contribution in [0, 0.1) is 0 Å². The van der Waals surface area contributed by atoms with E-state index in [9.17, 15) is 0 Å². The Kier molecular flexibility index (Phi) is 8.89. The van der Waals surface area contributed by atoms with Crippen molar-refractivity contribution in [3.63, 3.8) is 0 Å². The van der Waals surface area contributed by atoms with Gasteiger partial charge in [0, 0.05) is 55.2 Å². The van der Waals surface area contributed by atoms with E-state index in [1.807, 2.05) is 36.4 Å². The zero-order valence-corrected chi connectivity index (χ0v) is 40.6. The first-order valence-electron chi connectivity index (χ1n) is 25.7. The standard InChI is InChI=1S/C70H43N5/c1-4-18-44(19-5-1)67-71-68(45-20-6-2-7-21-45)73-69(72-67)46-32-36-50(37-33-46)75-64-41-35-48(47-34-40-63-56(42-47)53-26-13-17-31-62(53)74(63)49-22-8-3-9-23-49)43-57(64)54-38-39-61-65(66(54)75)55-27-12-16-30-60(55)70(61)58-28-14-10-24-51(58)52-25-11-15-29-59(52)70/h1-43H. The van der Waals surface area contributed by atoms with Crippen LogP contribution in [0.1, 0.15) is 22.3 Å². The molecule has 2 aliphatic carbocycles. The van der Waals surface area contributed by atoms with Gasteiger partial charge in [0.15, 0.2) is 17.5 Å². The monoisotopic (exact) mass is 953 g/mol. The minimum atomic E-state index is -0.483. The maximum Gasteiger partial charge on any atom is 0.164 e. The van der Waals surface area contributed by atoms with E-state index in [1.165, 1.54) is 93.7 Å². The van der Waals surface area contributed by atoms with Crippen molar-refractivity contribution in [1.82, 2.24) is 24.1 Å². The van der Waals surface area contributed by atoms with Crippen molar-refractivity contribution < 1.29 is 0 Å². The molecule has 0 aliphatic heterocycles. The van der Waals surface area contributed by atoms with Crippen LogP contribution in [-0.2, 0) is 5.41 Å². The summed E-state index contributed by atoms with van der Waals surface area (Å²) in [6, 6.07) is 94.7. The van der Waals surface area contributed by atoms with Crippen LogP contribution in [0.5, 0.6) is 0 Å². The first kappa shape index (κ1) is 41.6. The molecule has 1 spiro atoms. The second-order valence-corrected chi connectivity index (χ2v) is 19.8. The quantitative estimate of drug-likeness (QED) is 0.167. The molecule has 0 fully saturated rings. The van der Waals surface area contributed by atoms with Gasteiger partial charge < -0.3 is 9.13 Å². The summed E-state index contributed by atoms with van der Waals surface area (Å²) in [7, 11) is 0. The van der Waals surface area contributed by atoms with E-state index in [0.717, 1.165) is 33.6 Å². The molecular formula is C70H43N5. The molecular weight excluding hydrogens is 911 g/mol. The van der Waals surface area contributed by atoms with Crippen molar-refractivity contribution in [2.24, 2.45) is 0 Å². The summed E-state index contributed by atoms with van der Waals surface area (Å²) in [5, 5.41) is 4.88. The fourth-order valence-corrected chi connectivity index (χ4v) is 12.8. The van der Waals surface area contributed by atoms with Gasteiger partial charge in [0.05, 0.1) is 27.5 Å². The van der Waals surface area contributed by atoms with E-state index in [0.29, 0.717) is 17.5 Å².